The molecule has 1 unspecified atom stereocenters. The van der Waals surface area contributed by atoms with Crippen LogP contribution in [0, 0.1) is 0 Å². The van der Waals surface area contributed by atoms with E-state index in [0.29, 0.717) is 13.2 Å². The molecule has 84 valence electrons. The molecule has 0 bridgehead atoms. The Morgan fingerprint density at radius 1 is 1.40 bits per heavy atom. The van der Waals surface area contributed by atoms with Crippen LogP contribution in [0.1, 0.15) is 25.3 Å². The van der Waals surface area contributed by atoms with Crippen LogP contribution in [0.25, 0.3) is 0 Å². The molecule has 0 amide bonds. The van der Waals surface area contributed by atoms with E-state index in [2.05, 4.69) is 6.92 Å². The monoisotopic (exact) mass is 209 g/mol. The fourth-order valence-corrected chi connectivity index (χ4v) is 1.51. The fourth-order valence-electron chi connectivity index (χ4n) is 1.51. The molecule has 1 rings (SSSR count). The molecule has 0 spiro atoms. The number of ether oxygens (including phenoxy) is 2. The van der Waals surface area contributed by atoms with Gasteiger partial charge in [-0.1, -0.05) is 19.1 Å². The molecule has 3 heteroatoms. The van der Waals surface area contributed by atoms with Crippen LogP contribution < -0.4 is 15.2 Å². The summed E-state index contributed by atoms with van der Waals surface area (Å²) in [6.45, 7) is 5.28. The lowest BCUT2D eigenvalue weighted by Crippen LogP contribution is -2.11. The first-order chi connectivity index (χ1) is 7.24. The van der Waals surface area contributed by atoms with Crippen molar-refractivity contribution in [1.29, 1.82) is 0 Å². The number of benzene rings is 1. The molecule has 2 N–H and O–H groups in total. The number of methoxy groups -OCH3 is 1. The largest absolute Gasteiger partial charge is 0.493 e. The first kappa shape index (κ1) is 11.9. The molecular formula is C12H19NO2. The molecule has 15 heavy (non-hydrogen) atoms. The van der Waals surface area contributed by atoms with Crippen molar-refractivity contribution in [1.82, 2.24) is 0 Å². The second kappa shape index (κ2) is 5.61. The van der Waals surface area contributed by atoms with Gasteiger partial charge in [-0.25, -0.2) is 0 Å². The highest BCUT2D eigenvalue weighted by Crippen LogP contribution is 2.35. The molecule has 3 nitrogen and oxygen atoms in total. The Morgan fingerprint density at radius 2 is 2.13 bits per heavy atom. The van der Waals surface area contributed by atoms with Crippen molar-refractivity contribution in [2.45, 2.75) is 19.8 Å². The van der Waals surface area contributed by atoms with Gasteiger partial charge >= 0.3 is 0 Å². The third-order valence-corrected chi connectivity index (χ3v) is 2.40. The van der Waals surface area contributed by atoms with E-state index in [-0.39, 0.29) is 5.92 Å². The zero-order chi connectivity index (χ0) is 11.3. The summed E-state index contributed by atoms with van der Waals surface area (Å²) < 4.78 is 10.9. The molecule has 0 radical (unpaired) electrons. The quantitative estimate of drug-likeness (QED) is 0.808. The summed E-state index contributed by atoms with van der Waals surface area (Å²) >= 11 is 0. The summed E-state index contributed by atoms with van der Waals surface area (Å²) in [6, 6.07) is 5.89. The normalized spacial score (nSPS) is 12.3. The lowest BCUT2D eigenvalue weighted by atomic mass is 10.00. The van der Waals surface area contributed by atoms with Crippen LogP contribution in [0.5, 0.6) is 11.5 Å². The average Bonchev–Trinajstić information content (AvgIpc) is 2.28. The molecular weight excluding hydrogens is 190 g/mol. The summed E-state index contributed by atoms with van der Waals surface area (Å²) in [5.41, 5.74) is 6.77. The van der Waals surface area contributed by atoms with Gasteiger partial charge in [0.15, 0.2) is 11.5 Å². The molecule has 1 aromatic carbocycles. The molecule has 0 aliphatic rings. The Labute approximate surface area is 91.2 Å². The lowest BCUT2D eigenvalue weighted by molar-refractivity contribution is 0.306. The van der Waals surface area contributed by atoms with E-state index in [9.17, 15) is 0 Å². The topological polar surface area (TPSA) is 44.5 Å². The maximum Gasteiger partial charge on any atom is 0.164 e. The molecule has 0 saturated heterocycles. The molecule has 0 saturated carbocycles. The van der Waals surface area contributed by atoms with Crippen LogP contribution in [0.3, 0.4) is 0 Å². The molecule has 0 fully saturated rings. The van der Waals surface area contributed by atoms with Gasteiger partial charge in [-0.2, -0.15) is 0 Å². The summed E-state index contributed by atoms with van der Waals surface area (Å²) in [5.74, 6) is 1.87. The molecule has 1 atom stereocenters. The van der Waals surface area contributed by atoms with Gasteiger partial charge in [-0.15, -0.1) is 0 Å². The van der Waals surface area contributed by atoms with E-state index < -0.39 is 0 Å². The fraction of sp³-hybridized carbons (Fsp3) is 0.500. The SMILES string of the molecule is CCOc1c(OC)cccc1C(C)CN. The second-order valence-corrected chi connectivity index (χ2v) is 3.45. The van der Waals surface area contributed by atoms with E-state index in [4.69, 9.17) is 15.2 Å². The van der Waals surface area contributed by atoms with E-state index in [0.717, 1.165) is 17.1 Å². The third-order valence-electron chi connectivity index (χ3n) is 2.40. The predicted octanol–water partition coefficient (Wildman–Crippen LogP) is 2.16. The summed E-state index contributed by atoms with van der Waals surface area (Å²) in [4.78, 5) is 0. The minimum atomic E-state index is 0.279. The molecule has 0 aromatic heterocycles. The van der Waals surface area contributed by atoms with Crippen molar-refractivity contribution in [3.8, 4) is 11.5 Å². The Kier molecular flexibility index (Phi) is 4.43. The maximum atomic E-state index is 5.66. The van der Waals surface area contributed by atoms with E-state index >= 15 is 0 Å². The maximum absolute atomic E-state index is 5.66. The highest BCUT2D eigenvalue weighted by molar-refractivity contribution is 5.48. The summed E-state index contributed by atoms with van der Waals surface area (Å²) in [5, 5.41) is 0. The second-order valence-electron chi connectivity index (χ2n) is 3.45. The van der Waals surface area contributed by atoms with Crippen LogP contribution >= 0.6 is 0 Å². The van der Waals surface area contributed by atoms with E-state index in [1.165, 1.54) is 0 Å². The Balaban J connectivity index is 3.12. The zero-order valence-electron chi connectivity index (χ0n) is 9.62. The number of hydrogen-bond acceptors (Lipinski definition) is 3. The molecule has 1 aromatic rings. The van der Waals surface area contributed by atoms with Crippen molar-refractivity contribution < 1.29 is 9.47 Å². The van der Waals surface area contributed by atoms with Gasteiger partial charge in [0.05, 0.1) is 13.7 Å². The number of hydrogen-bond donors (Lipinski definition) is 1. The van der Waals surface area contributed by atoms with Crippen molar-refractivity contribution in [2.75, 3.05) is 20.3 Å². The number of rotatable bonds is 5. The van der Waals surface area contributed by atoms with Gasteiger partial charge in [0.1, 0.15) is 0 Å². The van der Waals surface area contributed by atoms with Crippen molar-refractivity contribution in [3.05, 3.63) is 23.8 Å². The lowest BCUT2D eigenvalue weighted by Gasteiger charge is -2.17. The van der Waals surface area contributed by atoms with Gasteiger partial charge in [0.25, 0.3) is 0 Å². The Hall–Kier alpha value is -1.22. The van der Waals surface area contributed by atoms with E-state index in [1.807, 2.05) is 25.1 Å². The summed E-state index contributed by atoms with van der Waals surface area (Å²) in [7, 11) is 1.65. The standard InChI is InChI=1S/C12H19NO2/c1-4-15-12-10(9(2)8-13)6-5-7-11(12)14-3/h5-7,9H,4,8,13H2,1-3H3. The van der Waals surface area contributed by atoms with Crippen LogP contribution in [0.15, 0.2) is 18.2 Å². The average molecular weight is 209 g/mol. The van der Waals surface area contributed by atoms with Crippen molar-refractivity contribution in [2.24, 2.45) is 5.73 Å². The third kappa shape index (κ3) is 2.63. The number of para-hydroxylation sites is 1. The zero-order valence-corrected chi connectivity index (χ0v) is 9.62. The van der Waals surface area contributed by atoms with Crippen LogP contribution in [0.2, 0.25) is 0 Å². The van der Waals surface area contributed by atoms with Gasteiger partial charge in [-0.3, -0.25) is 0 Å². The molecule has 0 aliphatic heterocycles. The highest BCUT2D eigenvalue weighted by Gasteiger charge is 2.14. The van der Waals surface area contributed by atoms with E-state index in [1.54, 1.807) is 7.11 Å². The minimum absolute atomic E-state index is 0.279. The van der Waals surface area contributed by atoms with Crippen molar-refractivity contribution in [3.63, 3.8) is 0 Å². The van der Waals surface area contributed by atoms with Gasteiger partial charge < -0.3 is 15.2 Å². The highest BCUT2D eigenvalue weighted by atomic mass is 16.5. The first-order valence-corrected chi connectivity index (χ1v) is 5.24. The van der Waals surface area contributed by atoms with Crippen LogP contribution in [-0.2, 0) is 0 Å². The smallest absolute Gasteiger partial charge is 0.164 e. The minimum Gasteiger partial charge on any atom is -0.493 e. The van der Waals surface area contributed by atoms with Crippen LogP contribution in [0.4, 0.5) is 0 Å². The van der Waals surface area contributed by atoms with Crippen molar-refractivity contribution >= 4 is 0 Å². The van der Waals surface area contributed by atoms with Gasteiger partial charge in [0.2, 0.25) is 0 Å². The summed E-state index contributed by atoms with van der Waals surface area (Å²) in [6.07, 6.45) is 0. The number of nitrogens with two attached hydrogens (primary N) is 1. The van der Waals surface area contributed by atoms with Gasteiger partial charge in [0, 0.05) is 5.56 Å². The Bertz CT molecular complexity index is 312. The molecule has 0 heterocycles. The Morgan fingerprint density at radius 3 is 2.67 bits per heavy atom. The first-order valence-electron chi connectivity index (χ1n) is 5.24. The molecule has 0 aliphatic carbocycles. The predicted molar refractivity (Wildman–Crippen MR) is 61.6 cm³/mol. The van der Waals surface area contributed by atoms with Crippen LogP contribution in [-0.4, -0.2) is 20.3 Å². The van der Waals surface area contributed by atoms with Gasteiger partial charge in [-0.05, 0) is 25.5 Å².